The van der Waals surface area contributed by atoms with Crippen molar-refractivity contribution in [2.45, 2.75) is 19.3 Å². The second-order valence-corrected chi connectivity index (χ2v) is 4.39. The van der Waals surface area contributed by atoms with E-state index in [9.17, 15) is 8.78 Å². The Morgan fingerprint density at radius 2 is 2.18 bits per heavy atom. The third-order valence-corrected chi connectivity index (χ3v) is 2.92. The Morgan fingerprint density at radius 1 is 1.47 bits per heavy atom. The third-order valence-electron chi connectivity index (χ3n) is 2.92. The molecular weight excluding hydrogens is 226 g/mol. The van der Waals surface area contributed by atoms with Crippen LogP contribution in [0.3, 0.4) is 0 Å². The minimum atomic E-state index is -2.66. The highest BCUT2D eigenvalue weighted by atomic mass is 19.3. The number of aromatic nitrogens is 2. The van der Waals surface area contributed by atoms with Crippen LogP contribution in [0.5, 0.6) is 0 Å². The molecule has 0 spiro atoms. The van der Waals surface area contributed by atoms with E-state index < -0.39 is 11.8 Å². The van der Waals surface area contributed by atoms with Crippen molar-refractivity contribution < 1.29 is 8.78 Å². The van der Waals surface area contributed by atoms with Gasteiger partial charge >= 0.3 is 0 Å². The van der Waals surface area contributed by atoms with E-state index in [0.29, 0.717) is 18.9 Å². The molecule has 0 bridgehead atoms. The van der Waals surface area contributed by atoms with E-state index in [2.05, 4.69) is 20.6 Å². The number of alkyl halides is 2. The van der Waals surface area contributed by atoms with Crippen molar-refractivity contribution in [1.29, 1.82) is 0 Å². The first-order chi connectivity index (χ1) is 8.08. The van der Waals surface area contributed by atoms with Gasteiger partial charge in [0.2, 0.25) is 5.95 Å². The van der Waals surface area contributed by atoms with Crippen molar-refractivity contribution in [3.63, 3.8) is 0 Å². The molecule has 1 aliphatic rings. The highest BCUT2D eigenvalue weighted by Gasteiger charge is 2.41. The van der Waals surface area contributed by atoms with Gasteiger partial charge in [0.15, 0.2) is 0 Å². The summed E-state index contributed by atoms with van der Waals surface area (Å²) in [5, 5.41) is 5.57. The molecule has 2 rings (SSSR count). The Kier molecular flexibility index (Phi) is 3.51. The molecule has 2 N–H and O–H groups in total. The summed E-state index contributed by atoms with van der Waals surface area (Å²) in [5.41, 5.74) is 0.947. The minimum Gasteiger partial charge on any atom is -0.354 e. The Labute approximate surface area is 98.9 Å². The molecule has 17 heavy (non-hydrogen) atoms. The summed E-state index contributed by atoms with van der Waals surface area (Å²) in [5.74, 6) is -2.91. The van der Waals surface area contributed by atoms with E-state index in [1.165, 1.54) is 0 Å². The second-order valence-electron chi connectivity index (χ2n) is 4.39. The number of hydrogen-bond acceptors (Lipinski definition) is 4. The number of hydrogen-bond donors (Lipinski definition) is 2. The number of nitrogens with one attached hydrogen (secondary N) is 2. The van der Waals surface area contributed by atoms with Gasteiger partial charge < -0.3 is 10.6 Å². The minimum absolute atomic E-state index is 0.206. The van der Waals surface area contributed by atoms with Crippen molar-refractivity contribution in [1.82, 2.24) is 15.3 Å². The molecular formula is C11H16F2N4. The lowest BCUT2D eigenvalue weighted by Gasteiger charge is -2.31. The largest absolute Gasteiger partial charge is 0.354 e. The molecule has 4 nitrogen and oxygen atoms in total. The molecule has 0 saturated carbocycles. The highest BCUT2D eigenvalue weighted by Crippen LogP contribution is 2.29. The van der Waals surface area contributed by atoms with Gasteiger partial charge in [0, 0.05) is 24.9 Å². The van der Waals surface area contributed by atoms with E-state index >= 15 is 0 Å². The van der Waals surface area contributed by atoms with Crippen LogP contribution >= 0.6 is 0 Å². The first-order valence-electron chi connectivity index (χ1n) is 5.69. The maximum atomic E-state index is 13.5. The quantitative estimate of drug-likeness (QED) is 0.842. The number of rotatable bonds is 3. The van der Waals surface area contributed by atoms with Gasteiger partial charge in [0.25, 0.3) is 5.92 Å². The summed E-state index contributed by atoms with van der Waals surface area (Å²) in [6, 6.07) is 0. The first-order valence-corrected chi connectivity index (χ1v) is 5.69. The van der Waals surface area contributed by atoms with Crippen molar-refractivity contribution in [3.05, 3.63) is 18.0 Å². The molecule has 1 aromatic rings. The molecule has 1 fully saturated rings. The lowest BCUT2D eigenvalue weighted by atomic mass is 9.94. The summed E-state index contributed by atoms with van der Waals surface area (Å²) >= 11 is 0. The van der Waals surface area contributed by atoms with Crippen molar-refractivity contribution in [2.75, 3.05) is 25.0 Å². The molecule has 1 unspecified atom stereocenters. The zero-order valence-corrected chi connectivity index (χ0v) is 9.71. The maximum Gasteiger partial charge on any atom is 0.264 e. The summed E-state index contributed by atoms with van der Waals surface area (Å²) in [4.78, 5) is 8.06. The fourth-order valence-electron chi connectivity index (χ4n) is 1.84. The zero-order chi connectivity index (χ0) is 12.3. The normalized spacial score (nSPS) is 23.4. The first kappa shape index (κ1) is 12.2. The molecule has 0 aromatic carbocycles. The maximum absolute atomic E-state index is 13.5. The molecule has 0 amide bonds. The third kappa shape index (κ3) is 3.09. The van der Waals surface area contributed by atoms with Crippen LogP contribution in [0.25, 0.3) is 0 Å². The van der Waals surface area contributed by atoms with Gasteiger partial charge in [-0.1, -0.05) is 0 Å². The second kappa shape index (κ2) is 4.91. The topological polar surface area (TPSA) is 49.8 Å². The molecule has 1 aliphatic heterocycles. The highest BCUT2D eigenvalue weighted by molar-refractivity contribution is 5.24. The van der Waals surface area contributed by atoms with Crippen molar-refractivity contribution in [2.24, 2.45) is 5.92 Å². The molecule has 0 aliphatic carbocycles. The van der Waals surface area contributed by atoms with Gasteiger partial charge in [0.1, 0.15) is 0 Å². The standard InChI is InChI=1S/C11H16F2N4/c1-8-4-15-10(16-5-8)17-6-9-2-3-14-7-11(9,12)13/h4-5,9,14H,2-3,6-7H2,1H3,(H,15,16,17). The van der Waals surface area contributed by atoms with Crippen LogP contribution in [0.2, 0.25) is 0 Å². The van der Waals surface area contributed by atoms with Crippen LogP contribution < -0.4 is 10.6 Å². The van der Waals surface area contributed by atoms with E-state index in [-0.39, 0.29) is 13.1 Å². The summed E-state index contributed by atoms with van der Waals surface area (Å²) < 4.78 is 27.0. The molecule has 1 atom stereocenters. The fourth-order valence-corrected chi connectivity index (χ4v) is 1.84. The van der Waals surface area contributed by atoms with Gasteiger partial charge in [-0.05, 0) is 25.5 Å². The van der Waals surface area contributed by atoms with E-state index in [1.807, 2.05) is 6.92 Å². The SMILES string of the molecule is Cc1cnc(NCC2CCNCC2(F)F)nc1. The van der Waals surface area contributed by atoms with E-state index in [0.717, 1.165) is 5.56 Å². The summed E-state index contributed by atoms with van der Waals surface area (Å²) in [6.07, 6.45) is 3.79. The van der Waals surface area contributed by atoms with Crippen LogP contribution in [-0.4, -0.2) is 35.5 Å². The van der Waals surface area contributed by atoms with Crippen molar-refractivity contribution >= 4 is 5.95 Å². The van der Waals surface area contributed by atoms with Gasteiger partial charge in [-0.2, -0.15) is 0 Å². The lowest BCUT2D eigenvalue weighted by molar-refractivity contribution is -0.0678. The molecule has 1 saturated heterocycles. The van der Waals surface area contributed by atoms with Gasteiger partial charge in [-0.3, -0.25) is 0 Å². The predicted molar refractivity (Wildman–Crippen MR) is 61.2 cm³/mol. The summed E-state index contributed by atoms with van der Waals surface area (Å²) in [7, 11) is 0. The van der Waals surface area contributed by atoms with Gasteiger partial charge in [-0.25, -0.2) is 18.7 Å². The lowest BCUT2D eigenvalue weighted by Crippen LogP contribution is -2.48. The van der Waals surface area contributed by atoms with Crippen LogP contribution in [0.4, 0.5) is 14.7 Å². The zero-order valence-electron chi connectivity index (χ0n) is 9.71. The van der Waals surface area contributed by atoms with Gasteiger partial charge in [-0.15, -0.1) is 0 Å². The number of anilines is 1. The average molecular weight is 242 g/mol. The van der Waals surface area contributed by atoms with E-state index in [4.69, 9.17) is 0 Å². The monoisotopic (exact) mass is 242 g/mol. The fraction of sp³-hybridized carbons (Fsp3) is 0.636. The molecule has 2 heterocycles. The van der Waals surface area contributed by atoms with Crippen molar-refractivity contribution in [3.8, 4) is 0 Å². The molecule has 1 aromatic heterocycles. The smallest absolute Gasteiger partial charge is 0.264 e. The summed E-state index contributed by atoms with van der Waals surface area (Å²) in [6.45, 7) is 2.48. The predicted octanol–water partition coefficient (Wildman–Crippen LogP) is 1.44. The van der Waals surface area contributed by atoms with Crippen LogP contribution in [0.1, 0.15) is 12.0 Å². The Balaban J connectivity index is 1.91. The molecule has 94 valence electrons. The Hall–Kier alpha value is -1.30. The average Bonchev–Trinajstić information content (AvgIpc) is 2.29. The number of aryl methyl sites for hydroxylation is 1. The Morgan fingerprint density at radius 3 is 2.82 bits per heavy atom. The van der Waals surface area contributed by atoms with Gasteiger partial charge in [0.05, 0.1) is 6.54 Å². The van der Waals surface area contributed by atoms with Crippen LogP contribution in [-0.2, 0) is 0 Å². The number of piperidine rings is 1. The van der Waals surface area contributed by atoms with Crippen LogP contribution in [0.15, 0.2) is 12.4 Å². The number of nitrogens with zero attached hydrogens (tertiary/aromatic N) is 2. The van der Waals surface area contributed by atoms with E-state index in [1.54, 1.807) is 12.4 Å². The molecule has 6 heteroatoms. The molecule has 0 radical (unpaired) electrons. The van der Waals surface area contributed by atoms with Crippen LogP contribution in [0, 0.1) is 12.8 Å². The Bertz CT molecular complexity index is 366. The number of halogens is 2.